The molecule has 7 heteroatoms. The second kappa shape index (κ2) is 7.55. The van der Waals surface area contributed by atoms with Crippen LogP contribution in [0.2, 0.25) is 0 Å². The smallest absolute Gasteiger partial charge is 0.335 e. The highest BCUT2D eigenvalue weighted by Gasteiger charge is 2.25. The van der Waals surface area contributed by atoms with Crippen LogP contribution in [0, 0.1) is 5.92 Å². The zero-order valence-electron chi connectivity index (χ0n) is 14.6. The fourth-order valence-corrected chi connectivity index (χ4v) is 4.26. The molecule has 1 aromatic heterocycles. The molecule has 0 spiro atoms. The van der Waals surface area contributed by atoms with Crippen LogP contribution < -0.4 is 0 Å². The number of aromatic carboxylic acids is 1. The first kappa shape index (κ1) is 18.5. The molecule has 1 aliphatic heterocycles. The first-order chi connectivity index (χ1) is 12.3. The first-order valence-corrected chi connectivity index (χ1v) is 10.4. The van der Waals surface area contributed by atoms with Crippen molar-refractivity contribution in [3.63, 3.8) is 0 Å². The summed E-state index contributed by atoms with van der Waals surface area (Å²) < 4.78 is 24.8. The van der Waals surface area contributed by atoms with Crippen LogP contribution in [0.15, 0.2) is 42.6 Å². The van der Waals surface area contributed by atoms with Gasteiger partial charge in [-0.05, 0) is 48.9 Å². The van der Waals surface area contributed by atoms with E-state index in [1.54, 1.807) is 30.5 Å². The minimum Gasteiger partial charge on any atom is -0.478 e. The van der Waals surface area contributed by atoms with Crippen LogP contribution in [0.1, 0.15) is 28.8 Å². The van der Waals surface area contributed by atoms with E-state index in [1.807, 2.05) is 12.1 Å². The monoisotopic (exact) mass is 374 g/mol. The van der Waals surface area contributed by atoms with Crippen molar-refractivity contribution in [2.45, 2.75) is 19.3 Å². The lowest BCUT2D eigenvalue weighted by atomic mass is 9.89. The molecule has 1 aromatic carbocycles. The highest BCUT2D eigenvalue weighted by molar-refractivity contribution is 7.88. The number of sulfonamides is 1. The summed E-state index contributed by atoms with van der Waals surface area (Å²) in [7, 11) is -3.11. The van der Waals surface area contributed by atoms with E-state index in [9.17, 15) is 13.2 Å². The summed E-state index contributed by atoms with van der Waals surface area (Å²) in [6, 6.07) is 10.7. The number of pyridine rings is 1. The fourth-order valence-electron chi connectivity index (χ4n) is 3.39. The number of hydrogen-bond acceptors (Lipinski definition) is 4. The van der Waals surface area contributed by atoms with E-state index in [-0.39, 0.29) is 5.56 Å². The van der Waals surface area contributed by atoms with E-state index in [1.165, 1.54) is 10.6 Å². The van der Waals surface area contributed by atoms with Crippen molar-refractivity contribution >= 4 is 16.0 Å². The van der Waals surface area contributed by atoms with Crippen molar-refractivity contribution in [3.05, 3.63) is 53.7 Å². The van der Waals surface area contributed by atoms with Gasteiger partial charge < -0.3 is 5.11 Å². The summed E-state index contributed by atoms with van der Waals surface area (Å²) in [4.78, 5) is 15.5. The predicted molar refractivity (Wildman–Crippen MR) is 99.5 cm³/mol. The number of piperidine rings is 1. The average Bonchev–Trinajstić information content (AvgIpc) is 2.62. The topological polar surface area (TPSA) is 87.6 Å². The van der Waals surface area contributed by atoms with Crippen LogP contribution in [0.3, 0.4) is 0 Å². The molecule has 1 N–H and O–H groups in total. The summed E-state index contributed by atoms with van der Waals surface area (Å²) in [5.41, 5.74) is 3.10. The molecule has 0 bridgehead atoms. The zero-order chi connectivity index (χ0) is 18.7. The molecule has 2 heterocycles. The lowest BCUT2D eigenvalue weighted by molar-refractivity contribution is 0.0697. The van der Waals surface area contributed by atoms with Crippen LogP contribution >= 0.6 is 0 Å². The molecule has 138 valence electrons. The van der Waals surface area contributed by atoms with E-state index >= 15 is 0 Å². The molecule has 6 nitrogen and oxygen atoms in total. The van der Waals surface area contributed by atoms with Gasteiger partial charge in [0.05, 0.1) is 17.5 Å². The van der Waals surface area contributed by atoms with Gasteiger partial charge in [-0.3, -0.25) is 4.98 Å². The van der Waals surface area contributed by atoms with Crippen LogP contribution in [-0.4, -0.2) is 48.1 Å². The van der Waals surface area contributed by atoms with E-state index < -0.39 is 16.0 Å². The standard InChI is InChI=1S/C19H22N2O4S/c1-26(24,25)21-11-8-14(9-12-21)13-17-3-2-10-20-18(17)15-4-6-16(7-5-15)19(22)23/h2-7,10,14H,8-9,11-13H2,1H3,(H,22,23). The number of carbonyl (C=O) groups is 1. The summed E-state index contributed by atoms with van der Waals surface area (Å²) >= 11 is 0. The van der Waals surface area contributed by atoms with Crippen molar-refractivity contribution in [2.75, 3.05) is 19.3 Å². The second-order valence-electron chi connectivity index (χ2n) is 6.70. The van der Waals surface area contributed by atoms with Crippen LogP contribution in [0.25, 0.3) is 11.3 Å². The van der Waals surface area contributed by atoms with Crippen molar-refractivity contribution in [3.8, 4) is 11.3 Å². The Bertz CT molecular complexity index is 886. The number of aromatic nitrogens is 1. The summed E-state index contributed by atoms with van der Waals surface area (Å²) in [6.07, 6.45) is 5.49. The van der Waals surface area contributed by atoms with Gasteiger partial charge in [-0.25, -0.2) is 17.5 Å². The Morgan fingerprint density at radius 2 is 1.85 bits per heavy atom. The zero-order valence-corrected chi connectivity index (χ0v) is 15.4. The van der Waals surface area contributed by atoms with Gasteiger partial charge in [0.1, 0.15) is 0 Å². The number of carboxylic acid groups (broad SMARTS) is 1. The Hall–Kier alpha value is -2.25. The molecule has 1 fully saturated rings. The van der Waals surface area contributed by atoms with Gasteiger partial charge in [0.15, 0.2) is 0 Å². The van der Waals surface area contributed by atoms with Gasteiger partial charge in [-0.2, -0.15) is 0 Å². The molecule has 26 heavy (non-hydrogen) atoms. The van der Waals surface area contributed by atoms with E-state index in [4.69, 9.17) is 5.11 Å². The Kier molecular flexibility index (Phi) is 5.38. The predicted octanol–water partition coefficient (Wildman–Crippen LogP) is 2.66. The Morgan fingerprint density at radius 3 is 2.42 bits per heavy atom. The largest absolute Gasteiger partial charge is 0.478 e. The Labute approximate surface area is 153 Å². The summed E-state index contributed by atoms with van der Waals surface area (Å²) in [5, 5.41) is 9.03. The minimum absolute atomic E-state index is 0.249. The number of hydrogen-bond donors (Lipinski definition) is 1. The van der Waals surface area contributed by atoms with Gasteiger partial charge in [0.25, 0.3) is 0 Å². The Morgan fingerprint density at radius 1 is 1.19 bits per heavy atom. The molecule has 3 rings (SSSR count). The number of rotatable bonds is 5. The van der Waals surface area contributed by atoms with Gasteiger partial charge in [-0.15, -0.1) is 0 Å². The third-order valence-electron chi connectivity index (χ3n) is 4.85. The lowest BCUT2D eigenvalue weighted by Crippen LogP contribution is -2.38. The normalized spacial score (nSPS) is 16.5. The number of benzene rings is 1. The van der Waals surface area contributed by atoms with E-state index in [0.29, 0.717) is 19.0 Å². The Balaban J connectivity index is 1.75. The summed E-state index contributed by atoms with van der Waals surface area (Å²) in [5.74, 6) is -0.537. The first-order valence-electron chi connectivity index (χ1n) is 8.57. The molecular formula is C19H22N2O4S. The third-order valence-corrected chi connectivity index (χ3v) is 6.15. The maximum Gasteiger partial charge on any atom is 0.335 e. The maximum absolute atomic E-state index is 11.6. The molecule has 0 saturated carbocycles. The molecule has 1 saturated heterocycles. The van der Waals surface area contributed by atoms with Gasteiger partial charge in [-0.1, -0.05) is 18.2 Å². The van der Waals surface area contributed by atoms with Gasteiger partial charge in [0, 0.05) is 24.8 Å². The molecule has 1 aliphatic rings. The molecule has 0 amide bonds. The molecular weight excluding hydrogens is 352 g/mol. The number of carboxylic acids is 1. The van der Waals surface area contributed by atoms with Crippen molar-refractivity contribution in [1.29, 1.82) is 0 Å². The van der Waals surface area contributed by atoms with Crippen LogP contribution in [0.5, 0.6) is 0 Å². The van der Waals surface area contributed by atoms with Crippen LogP contribution in [-0.2, 0) is 16.4 Å². The van der Waals surface area contributed by atoms with Gasteiger partial charge in [0.2, 0.25) is 10.0 Å². The number of nitrogens with zero attached hydrogens (tertiary/aromatic N) is 2. The second-order valence-corrected chi connectivity index (χ2v) is 8.69. The van der Waals surface area contributed by atoms with Crippen molar-refractivity contribution in [1.82, 2.24) is 9.29 Å². The highest BCUT2D eigenvalue weighted by atomic mass is 32.2. The van der Waals surface area contributed by atoms with Crippen molar-refractivity contribution in [2.24, 2.45) is 5.92 Å². The minimum atomic E-state index is -3.11. The highest BCUT2D eigenvalue weighted by Crippen LogP contribution is 2.28. The molecule has 0 atom stereocenters. The van der Waals surface area contributed by atoms with Crippen LogP contribution in [0.4, 0.5) is 0 Å². The molecule has 2 aromatic rings. The van der Waals surface area contributed by atoms with E-state index in [0.717, 1.165) is 36.1 Å². The quantitative estimate of drug-likeness (QED) is 0.869. The fraction of sp³-hybridized carbons (Fsp3) is 0.368. The van der Waals surface area contributed by atoms with E-state index in [2.05, 4.69) is 4.98 Å². The summed E-state index contributed by atoms with van der Waals surface area (Å²) in [6.45, 7) is 1.12. The molecule has 0 aliphatic carbocycles. The lowest BCUT2D eigenvalue weighted by Gasteiger charge is -2.30. The molecule has 0 radical (unpaired) electrons. The average molecular weight is 374 g/mol. The SMILES string of the molecule is CS(=O)(=O)N1CCC(Cc2cccnc2-c2ccc(C(=O)O)cc2)CC1. The van der Waals surface area contributed by atoms with Gasteiger partial charge >= 0.3 is 5.97 Å². The maximum atomic E-state index is 11.6. The third kappa shape index (κ3) is 4.28. The van der Waals surface area contributed by atoms with Crippen molar-refractivity contribution < 1.29 is 18.3 Å². The molecule has 0 unspecified atom stereocenters.